The summed E-state index contributed by atoms with van der Waals surface area (Å²) in [6, 6.07) is 14.3. The third-order valence-electron chi connectivity index (χ3n) is 4.24. The molecular weight excluding hydrogens is 481 g/mol. The molecule has 6 nitrogen and oxygen atoms in total. The predicted octanol–water partition coefficient (Wildman–Crippen LogP) is 6.29. The van der Waals surface area contributed by atoms with Gasteiger partial charge in [0.05, 0.1) is 16.1 Å². The number of hydrogen-bond donors (Lipinski definition) is 3. The second-order valence-electron chi connectivity index (χ2n) is 6.40. The Bertz CT molecular complexity index is 1340. The molecule has 3 aromatic carbocycles. The molecule has 31 heavy (non-hydrogen) atoms. The molecule has 1 aromatic heterocycles. The van der Waals surface area contributed by atoms with E-state index in [0.717, 1.165) is 0 Å². The summed E-state index contributed by atoms with van der Waals surface area (Å²) in [5.41, 5.74) is 2.14. The van der Waals surface area contributed by atoms with Crippen LogP contribution >= 0.6 is 47.0 Å². The lowest BCUT2D eigenvalue weighted by atomic mass is 10.2. The lowest BCUT2D eigenvalue weighted by Crippen LogP contribution is -2.34. The summed E-state index contributed by atoms with van der Waals surface area (Å²) >= 11 is 23.1. The largest absolute Gasteiger partial charge is 0.507 e. The number of halogens is 3. The van der Waals surface area contributed by atoms with Crippen molar-refractivity contribution >= 4 is 74.8 Å². The Labute approximate surface area is 196 Å². The van der Waals surface area contributed by atoms with Crippen LogP contribution in [-0.2, 0) is 0 Å². The number of thiocarbonyl (C=S) groups is 1. The second kappa shape index (κ2) is 8.72. The van der Waals surface area contributed by atoms with Crippen LogP contribution in [0.2, 0.25) is 15.1 Å². The minimum Gasteiger partial charge on any atom is -0.507 e. The van der Waals surface area contributed by atoms with Gasteiger partial charge in [-0.1, -0.05) is 34.8 Å². The van der Waals surface area contributed by atoms with Gasteiger partial charge in [-0.3, -0.25) is 10.1 Å². The molecule has 156 valence electrons. The molecule has 3 N–H and O–H groups in total. The maximum Gasteiger partial charge on any atom is 0.258 e. The molecule has 0 aliphatic heterocycles. The van der Waals surface area contributed by atoms with Crippen LogP contribution in [0.1, 0.15) is 10.4 Å². The van der Waals surface area contributed by atoms with Crippen molar-refractivity contribution in [3.05, 3.63) is 75.2 Å². The number of hydrogen-bond acceptors (Lipinski definition) is 5. The maximum atomic E-state index is 12.4. The third kappa shape index (κ3) is 4.75. The molecule has 4 aromatic rings. The molecule has 1 amide bonds. The summed E-state index contributed by atoms with van der Waals surface area (Å²) in [6.45, 7) is 0. The van der Waals surface area contributed by atoms with Crippen LogP contribution in [0.3, 0.4) is 0 Å². The summed E-state index contributed by atoms with van der Waals surface area (Å²) in [7, 11) is 0. The first-order chi connectivity index (χ1) is 14.8. The standard InChI is InChI=1S/C21H12Cl3N3O3S/c22-10-1-5-15(24)14(7-10)19(29)27-21(31)25-12-3-4-13(17(28)9-12)20-26-16-8-11(23)2-6-18(16)30-20/h1-9,28H,(H2,25,27,29,31). The van der Waals surface area contributed by atoms with Crippen molar-refractivity contribution in [2.24, 2.45) is 0 Å². The first-order valence-corrected chi connectivity index (χ1v) is 10.3. The van der Waals surface area contributed by atoms with Gasteiger partial charge < -0.3 is 14.8 Å². The van der Waals surface area contributed by atoms with Crippen LogP contribution in [0.25, 0.3) is 22.6 Å². The van der Waals surface area contributed by atoms with Crippen molar-refractivity contribution in [3.63, 3.8) is 0 Å². The fourth-order valence-electron chi connectivity index (χ4n) is 2.81. The van der Waals surface area contributed by atoms with Crippen molar-refractivity contribution < 1.29 is 14.3 Å². The Morgan fingerprint density at radius 3 is 2.52 bits per heavy atom. The maximum absolute atomic E-state index is 12.4. The van der Waals surface area contributed by atoms with E-state index >= 15 is 0 Å². The molecule has 10 heteroatoms. The van der Waals surface area contributed by atoms with E-state index in [1.54, 1.807) is 36.4 Å². The minimum absolute atomic E-state index is 0.0182. The fraction of sp³-hybridized carbons (Fsp3) is 0. The van der Waals surface area contributed by atoms with Crippen LogP contribution in [0.15, 0.2) is 59.0 Å². The van der Waals surface area contributed by atoms with Gasteiger partial charge in [-0.25, -0.2) is 4.98 Å². The zero-order valence-corrected chi connectivity index (χ0v) is 18.5. The molecule has 0 aliphatic carbocycles. The number of rotatable bonds is 3. The second-order valence-corrected chi connectivity index (χ2v) is 8.08. The highest BCUT2D eigenvalue weighted by Crippen LogP contribution is 2.33. The lowest BCUT2D eigenvalue weighted by Gasteiger charge is -2.11. The fourth-order valence-corrected chi connectivity index (χ4v) is 3.56. The van der Waals surface area contributed by atoms with E-state index in [-0.39, 0.29) is 27.3 Å². The van der Waals surface area contributed by atoms with Gasteiger partial charge in [-0.2, -0.15) is 0 Å². The molecule has 0 spiro atoms. The third-order valence-corrected chi connectivity index (χ3v) is 5.24. The van der Waals surface area contributed by atoms with Gasteiger partial charge in [0.1, 0.15) is 11.3 Å². The van der Waals surface area contributed by atoms with Crippen LogP contribution in [-0.4, -0.2) is 21.1 Å². The number of carbonyl (C=O) groups is 1. The van der Waals surface area contributed by atoms with E-state index in [0.29, 0.717) is 32.4 Å². The molecule has 0 fully saturated rings. The number of nitrogens with zero attached hydrogens (tertiary/aromatic N) is 1. The number of oxazole rings is 1. The average molecular weight is 493 g/mol. The zero-order chi connectivity index (χ0) is 22.1. The van der Waals surface area contributed by atoms with Crippen LogP contribution in [0.5, 0.6) is 5.75 Å². The Balaban J connectivity index is 1.49. The summed E-state index contributed by atoms with van der Waals surface area (Å²) in [5, 5.41) is 16.9. The smallest absolute Gasteiger partial charge is 0.258 e. The monoisotopic (exact) mass is 491 g/mol. The highest BCUT2D eigenvalue weighted by atomic mass is 35.5. The number of aromatic hydroxyl groups is 1. The quantitative estimate of drug-likeness (QED) is 0.291. The van der Waals surface area contributed by atoms with Crippen LogP contribution < -0.4 is 10.6 Å². The summed E-state index contributed by atoms with van der Waals surface area (Å²) in [4.78, 5) is 16.7. The van der Waals surface area contributed by atoms with Gasteiger partial charge in [-0.15, -0.1) is 0 Å². The molecule has 0 atom stereocenters. The number of phenolic OH excluding ortho intramolecular Hbond substituents is 1. The van der Waals surface area contributed by atoms with E-state index in [1.807, 2.05) is 0 Å². The summed E-state index contributed by atoms with van der Waals surface area (Å²) < 4.78 is 5.68. The Kier molecular flexibility index (Phi) is 6.02. The van der Waals surface area contributed by atoms with Crippen molar-refractivity contribution in [2.75, 3.05) is 5.32 Å². The van der Waals surface area contributed by atoms with Crippen LogP contribution in [0, 0.1) is 0 Å². The number of amides is 1. The van der Waals surface area contributed by atoms with Crippen molar-refractivity contribution in [1.29, 1.82) is 0 Å². The van der Waals surface area contributed by atoms with E-state index in [4.69, 9.17) is 51.4 Å². The molecule has 1 heterocycles. The van der Waals surface area contributed by atoms with E-state index < -0.39 is 5.91 Å². The first kappa shape index (κ1) is 21.4. The van der Waals surface area contributed by atoms with Crippen molar-refractivity contribution in [3.8, 4) is 17.2 Å². The predicted molar refractivity (Wildman–Crippen MR) is 126 cm³/mol. The number of fused-ring (bicyclic) bond motifs is 1. The average Bonchev–Trinajstić information content (AvgIpc) is 3.12. The molecule has 0 unspecified atom stereocenters. The van der Waals surface area contributed by atoms with Crippen molar-refractivity contribution in [1.82, 2.24) is 10.3 Å². The number of nitrogens with one attached hydrogen (secondary N) is 2. The van der Waals surface area contributed by atoms with Gasteiger partial charge in [0.25, 0.3) is 5.91 Å². The molecular formula is C21H12Cl3N3O3S. The molecule has 4 rings (SSSR count). The number of carbonyl (C=O) groups excluding carboxylic acids is 1. The highest BCUT2D eigenvalue weighted by molar-refractivity contribution is 7.80. The Morgan fingerprint density at radius 1 is 1.00 bits per heavy atom. The molecule has 0 radical (unpaired) electrons. The van der Waals surface area contributed by atoms with Crippen LogP contribution in [0.4, 0.5) is 5.69 Å². The zero-order valence-electron chi connectivity index (χ0n) is 15.4. The van der Waals surface area contributed by atoms with E-state index in [2.05, 4.69) is 15.6 Å². The normalized spacial score (nSPS) is 10.8. The Hall–Kier alpha value is -2.84. The summed E-state index contributed by atoms with van der Waals surface area (Å²) in [6.07, 6.45) is 0. The molecule has 0 saturated carbocycles. The van der Waals surface area contributed by atoms with Crippen molar-refractivity contribution in [2.45, 2.75) is 0 Å². The lowest BCUT2D eigenvalue weighted by molar-refractivity contribution is 0.0978. The highest BCUT2D eigenvalue weighted by Gasteiger charge is 2.15. The number of aromatic nitrogens is 1. The molecule has 0 bridgehead atoms. The SMILES string of the molecule is O=C(NC(=S)Nc1ccc(-c2nc3cc(Cl)ccc3o2)c(O)c1)c1cc(Cl)ccc1Cl. The van der Waals surface area contributed by atoms with Gasteiger partial charge in [0, 0.05) is 21.8 Å². The van der Waals surface area contributed by atoms with Gasteiger partial charge >= 0.3 is 0 Å². The first-order valence-electron chi connectivity index (χ1n) is 8.77. The molecule has 0 aliphatic rings. The molecule has 0 saturated heterocycles. The number of anilines is 1. The van der Waals surface area contributed by atoms with E-state index in [1.165, 1.54) is 18.2 Å². The topological polar surface area (TPSA) is 87.4 Å². The van der Waals surface area contributed by atoms with E-state index in [9.17, 15) is 9.90 Å². The summed E-state index contributed by atoms with van der Waals surface area (Å²) in [5.74, 6) is -0.363. The number of phenols is 1. The number of benzene rings is 3. The van der Waals surface area contributed by atoms with Gasteiger partial charge in [-0.05, 0) is 60.7 Å². The Morgan fingerprint density at radius 2 is 1.74 bits per heavy atom. The minimum atomic E-state index is -0.518. The van der Waals surface area contributed by atoms with Gasteiger partial charge in [0.2, 0.25) is 5.89 Å². The van der Waals surface area contributed by atoms with Gasteiger partial charge in [0.15, 0.2) is 10.7 Å².